The summed E-state index contributed by atoms with van der Waals surface area (Å²) in [6, 6.07) is 17.9. The van der Waals surface area contributed by atoms with Crippen molar-refractivity contribution in [1.29, 1.82) is 0 Å². The lowest BCUT2D eigenvalue weighted by Crippen LogP contribution is -2.17. The minimum atomic E-state index is -0.338. The lowest BCUT2D eigenvalue weighted by atomic mass is 10.1. The first kappa shape index (κ1) is 14.1. The van der Waals surface area contributed by atoms with Gasteiger partial charge in [-0.25, -0.2) is 0 Å². The number of nitrogens with zero attached hydrogens (tertiary/aromatic N) is 1. The maximum atomic E-state index is 12.7. The summed E-state index contributed by atoms with van der Waals surface area (Å²) in [6.07, 6.45) is 1.68. The number of nitrogens with one attached hydrogen (secondary N) is 2. The van der Waals surface area contributed by atoms with Crippen LogP contribution < -0.4 is 10.9 Å². The minimum absolute atomic E-state index is 0.310. The molecule has 2 N–H and O–H groups in total. The molecular weight excluding hydrogens is 302 g/mol. The van der Waals surface area contributed by atoms with Gasteiger partial charge in [-0.15, -0.1) is 0 Å². The topological polar surface area (TPSA) is 74.8 Å². The van der Waals surface area contributed by atoms with Crippen LogP contribution in [0.1, 0.15) is 10.4 Å². The van der Waals surface area contributed by atoms with Crippen LogP contribution in [0.2, 0.25) is 0 Å². The largest absolute Gasteiger partial charge is 0.322 e. The van der Waals surface area contributed by atoms with E-state index in [1.807, 2.05) is 42.5 Å². The Morgan fingerprint density at radius 2 is 1.83 bits per heavy atom. The zero-order valence-electron chi connectivity index (χ0n) is 12.6. The highest BCUT2D eigenvalue weighted by Crippen LogP contribution is 2.22. The number of amides is 1. The molecule has 4 aromatic rings. The maximum Gasteiger partial charge on any atom is 0.256 e. The molecule has 24 heavy (non-hydrogen) atoms. The maximum absolute atomic E-state index is 12.7. The van der Waals surface area contributed by atoms with Crippen molar-refractivity contribution < 1.29 is 4.79 Å². The summed E-state index contributed by atoms with van der Waals surface area (Å²) in [4.78, 5) is 31.6. The van der Waals surface area contributed by atoms with Crippen molar-refractivity contribution in [1.82, 2.24) is 9.97 Å². The number of benzene rings is 2. The standard InChI is InChI=1S/C19H13N3O2/c23-17-11-14(13-7-1-2-8-15(13)21-17)19(24)22-16-9-3-5-12-6-4-10-20-18(12)16/h1-11H,(H,21,23)(H,22,24). The first-order valence-corrected chi connectivity index (χ1v) is 7.49. The average Bonchev–Trinajstić information content (AvgIpc) is 2.61. The number of carbonyl (C=O) groups is 1. The third-order valence-corrected chi connectivity index (χ3v) is 3.88. The minimum Gasteiger partial charge on any atom is -0.322 e. The molecule has 0 spiro atoms. The molecule has 5 heteroatoms. The van der Waals surface area contributed by atoms with E-state index in [1.54, 1.807) is 18.3 Å². The molecule has 2 aromatic heterocycles. The van der Waals surface area contributed by atoms with Crippen molar-refractivity contribution >= 4 is 33.4 Å². The molecular formula is C19H13N3O2. The number of hydrogen-bond acceptors (Lipinski definition) is 3. The Morgan fingerprint density at radius 3 is 2.75 bits per heavy atom. The van der Waals surface area contributed by atoms with Gasteiger partial charge in [0.15, 0.2) is 0 Å². The fraction of sp³-hybridized carbons (Fsp3) is 0. The van der Waals surface area contributed by atoms with Gasteiger partial charge in [-0.1, -0.05) is 36.4 Å². The number of aromatic nitrogens is 2. The van der Waals surface area contributed by atoms with E-state index in [4.69, 9.17) is 0 Å². The number of carbonyl (C=O) groups excluding carboxylic acids is 1. The van der Waals surface area contributed by atoms with Crippen molar-refractivity contribution in [2.24, 2.45) is 0 Å². The zero-order chi connectivity index (χ0) is 16.5. The van der Waals surface area contributed by atoms with Crippen LogP contribution in [0.25, 0.3) is 21.8 Å². The summed E-state index contributed by atoms with van der Waals surface area (Å²) in [5, 5.41) is 4.50. The summed E-state index contributed by atoms with van der Waals surface area (Å²) < 4.78 is 0. The fourth-order valence-corrected chi connectivity index (χ4v) is 2.79. The number of hydrogen-bond donors (Lipinski definition) is 2. The summed E-state index contributed by atoms with van der Waals surface area (Å²) in [5.74, 6) is -0.338. The Labute approximate surface area is 137 Å². The Hall–Kier alpha value is -3.47. The third kappa shape index (κ3) is 2.42. The van der Waals surface area contributed by atoms with E-state index in [9.17, 15) is 9.59 Å². The smallest absolute Gasteiger partial charge is 0.256 e. The van der Waals surface area contributed by atoms with E-state index in [0.717, 1.165) is 5.39 Å². The van der Waals surface area contributed by atoms with Gasteiger partial charge in [-0.3, -0.25) is 14.6 Å². The van der Waals surface area contributed by atoms with Crippen LogP contribution in [-0.2, 0) is 0 Å². The summed E-state index contributed by atoms with van der Waals surface area (Å²) >= 11 is 0. The normalized spacial score (nSPS) is 10.8. The summed E-state index contributed by atoms with van der Waals surface area (Å²) in [5.41, 5.74) is 1.98. The van der Waals surface area contributed by atoms with Gasteiger partial charge in [0.05, 0.1) is 16.8 Å². The quantitative estimate of drug-likeness (QED) is 0.596. The Morgan fingerprint density at radius 1 is 1.00 bits per heavy atom. The molecule has 0 aliphatic rings. The van der Waals surface area contributed by atoms with E-state index in [0.29, 0.717) is 27.7 Å². The lowest BCUT2D eigenvalue weighted by molar-refractivity contribution is 0.102. The number of anilines is 1. The predicted molar refractivity (Wildman–Crippen MR) is 94.3 cm³/mol. The van der Waals surface area contributed by atoms with Gasteiger partial charge in [0.2, 0.25) is 5.56 Å². The van der Waals surface area contributed by atoms with Crippen LogP contribution in [-0.4, -0.2) is 15.9 Å². The van der Waals surface area contributed by atoms with Crippen LogP contribution in [0.15, 0.2) is 71.7 Å². The molecule has 1 amide bonds. The Bertz CT molecular complexity index is 1130. The van der Waals surface area contributed by atoms with Gasteiger partial charge >= 0.3 is 0 Å². The molecule has 0 atom stereocenters. The Balaban J connectivity index is 1.81. The van der Waals surface area contributed by atoms with E-state index in [-0.39, 0.29) is 11.5 Å². The van der Waals surface area contributed by atoms with E-state index in [1.165, 1.54) is 6.07 Å². The first-order chi connectivity index (χ1) is 11.7. The van der Waals surface area contributed by atoms with Gasteiger partial charge in [0.1, 0.15) is 0 Å². The van der Waals surface area contributed by atoms with Crippen molar-refractivity contribution in [3.05, 3.63) is 82.8 Å². The number of para-hydroxylation sites is 2. The molecule has 0 radical (unpaired) electrons. The van der Waals surface area contributed by atoms with Crippen molar-refractivity contribution in [3.63, 3.8) is 0 Å². The van der Waals surface area contributed by atoms with Gasteiger partial charge in [-0.05, 0) is 18.2 Å². The first-order valence-electron chi connectivity index (χ1n) is 7.49. The van der Waals surface area contributed by atoms with E-state index >= 15 is 0 Å². The average molecular weight is 315 g/mol. The third-order valence-electron chi connectivity index (χ3n) is 3.88. The molecule has 0 unspecified atom stereocenters. The number of fused-ring (bicyclic) bond motifs is 2. The second-order valence-corrected chi connectivity index (χ2v) is 5.43. The Kier molecular flexibility index (Phi) is 3.31. The van der Waals surface area contributed by atoms with Crippen molar-refractivity contribution in [3.8, 4) is 0 Å². The zero-order valence-corrected chi connectivity index (χ0v) is 12.6. The molecule has 0 bridgehead atoms. The van der Waals surface area contributed by atoms with Crippen molar-refractivity contribution in [2.45, 2.75) is 0 Å². The fourth-order valence-electron chi connectivity index (χ4n) is 2.79. The van der Waals surface area contributed by atoms with Crippen LogP contribution in [0.3, 0.4) is 0 Å². The van der Waals surface area contributed by atoms with Crippen LogP contribution in [0.4, 0.5) is 5.69 Å². The van der Waals surface area contributed by atoms with Gasteiger partial charge < -0.3 is 10.3 Å². The van der Waals surface area contributed by atoms with Crippen LogP contribution in [0, 0.1) is 0 Å². The summed E-state index contributed by atoms with van der Waals surface area (Å²) in [6.45, 7) is 0. The van der Waals surface area contributed by atoms with Gasteiger partial charge in [-0.2, -0.15) is 0 Å². The monoisotopic (exact) mass is 315 g/mol. The highest BCUT2D eigenvalue weighted by atomic mass is 16.2. The second kappa shape index (κ2) is 5.62. The van der Waals surface area contributed by atoms with E-state index < -0.39 is 0 Å². The van der Waals surface area contributed by atoms with Crippen LogP contribution >= 0.6 is 0 Å². The number of H-pyrrole nitrogens is 1. The highest BCUT2D eigenvalue weighted by molar-refractivity contribution is 6.14. The number of aromatic amines is 1. The molecule has 4 rings (SSSR count). The summed E-state index contributed by atoms with van der Waals surface area (Å²) in [7, 11) is 0. The number of pyridine rings is 2. The van der Waals surface area contributed by atoms with E-state index in [2.05, 4.69) is 15.3 Å². The van der Waals surface area contributed by atoms with Crippen LogP contribution in [0.5, 0.6) is 0 Å². The predicted octanol–water partition coefficient (Wildman–Crippen LogP) is 3.33. The lowest BCUT2D eigenvalue weighted by Gasteiger charge is -2.09. The molecule has 2 aromatic carbocycles. The molecule has 0 saturated carbocycles. The second-order valence-electron chi connectivity index (χ2n) is 5.43. The molecule has 5 nitrogen and oxygen atoms in total. The molecule has 0 saturated heterocycles. The SMILES string of the molecule is O=C(Nc1cccc2cccnc12)c1cc(=O)[nH]c2ccccc12. The van der Waals surface area contributed by atoms with Gasteiger partial charge in [0.25, 0.3) is 5.91 Å². The molecule has 116 valence electrons. The molecule has 0 fully saturated rings. The van der Waals surface area contributed by atoms with Gasteiger partial charge in [0, 0.05) is 28.6 Å². The molecule has 0 aliphatic carbocycles. The van der Waals surface area contributed by atoms with Crippen molar-refractivity contribution in [2.75, 3.05) is 5.32 Å². The number of rotatable bonds is 2. The highest BCUT2D eigenvalue weighted by Gasteiger charge is 2.13. The molecule has 2 heterocycles. The molecule has 0 aliphatic heterocycles.